The van der Waals surface area contributed by atoms with Gasteiger partial charge in [-0.3, -0.25) is 4.79 Å². The standard InChI is InChI=1S/C18H19ClN6O/c1-24(2)17(15-8-3-4-9-16(15)19)11-20-18(26)13-6-5-7-14(10-13)25-12-21-22-23-25/h3-10,12,17H,11H2,1-2H3,(H,20,26)/t17-/m1/s1. The minimum atomic E-state index is -0.168. The van der Waals surface area contributed by atoms with E-state index >= 15 is 0 Å². The van der Waals surface area contributed by atoms with Gasteiger partial charge in [0, 0.05) is 17.1 Å². The maximum absolute atomic E-state index is 12.6. The topological polar surface area (TPSA) is 75.9 Å². The van der Waals surface area contributed by atoms with Gasteiger partial charge in [0.05, 0.1) is 11.7 Å². The fourth-order valence-corrected chi connectivity index (χ4v) is 2.94. The van der Waals surface area contributed by atoms with Crippen LogP contribution in [0.25, 0.3) is 5.69 Å². The number of nitrogens with one attached hydrogen (secondary N) is 1. The van der Waals surface area contributed by atoms with Crippen LogP contribution in [0.2, 0.25) is 5.02 Å². The predicted octanol–water partition coefficient (Wildman–Crippen LogP) is 2.35. The first-order valence-electron chi connectivity index (χ1n) is 8.08. The van der Waals surface area contributed by atoms with Crippen molar-refractivity contribution in [2.45, 2.75) is 6.04 Å². The maximum atomic E-state index is 12.6. The lowest BCUT2D eigenvalue weighted by Crippen LogP contribution is -2.34. The number of carbonyl (C=O) groups is 1. The van der Waals surface area contributed by atoms with Crippen LogP contribution >= 0.6 is 11.6 Å². The summed E-state index contributed by atoms with van der Waals surface area (Å²) in [5.41, 5.74) is 2.23. The highest BCUT2D eigenvalue weighted by Gasteiger charge is 2.18. The van der Waals surface area contributed by atoms with Gasteiger partial charge >= 0.3 is 0 Å². The Balaban J connectivity index is 1.73. The normalized spacial score (nSPS) is 12.2. The molecule has 0 radical (unpaired) electrons. The van der Waals surface area contributed by atoms with Crippen molar-refractivity contribution in [2.24, 2.45) is 0 Å². The van der Waals surface area contributed by atoms with E-state index in [2.05, 4.69) is 20.8 Å². The summed E-state index contributed by atoms with van der Waals surface area (Å²) < 4.78 is 1.50. The van der Waals surface area contributed by atoms with Crippen molar-refractivity contribution >= 4 is 17.5 Å². The Kier molecular flexibility index (Phi) is 5.60. The number of hydrogen-bond donors (Lipinski definition) is 1. The molecule has 0 spiro atoms. The molecule has 8 heteroatoms. The second-order valence-electron chi connectivity index (χ2n) is 6.02. The van der Waals surface area contributed by atoms with Crippen LogP contribution in [0.5, 0.6) is 0 Å². The fourth-order valence-electron chi connectivity index (χ4n) is 2.68. The minimum Gasteiger partial charge on any atom is -0.350 e. The first kappa shape index (κ1) is 18.0. The number of hydrogen-bond acceptors (Lipinski definition) is 5. The minimum absolute atomic E-state index is 0.0321. The summed E-state index contributed by atoms with van der Waals surface area (Å²) in [6.07, 6.45) is 1.48. The van der Waals surface area contributed by atoms with Crippen LogP contribution in [0, 0.1) is 0 Å². The molecular formula is C18H19ClN6O. The SMILES string of the molecule is CN(C)[C@H](CNC(=O)c1cccc(-n2cnnn2)c1)c1ccccc1Cl. The Labute approximate surface area is 156 Å². The zero-order chi connectivity index (χ0) is 18.5. The summed E-state index contributed by atoms with van der Waals surface area (Å²) >= 11 is 6.31. The summed E-state index contributed by atoms with van der Waals surface area (Å²) in [5, 5.41) is 14.7. The van der Waals surface area contributed by atoms with Gasteiger partial charge in [0.15, 0.2) is 0 Å². The monoisotopic (exact) mass is 370 g/mol. The van der Waals surface area contributed by atoms with Crippen molar-refractivity contribution in [1.82, 2.24) is 30.4 Å². The van der Waals surface area contributed by atoms with Crippen LogP contribution in [-0.4, -0.2) is 51.7 Å². The highest BCUT2D eigenvalue weighted by atomic mass is 35.5. The lowest BCUT2D eigenvalue weighted by Gasteiger charge is -2.26. The molecule has 3 aromatic rings. The summed E-state index contributed by atoms with van der Waals surface area (Å²) in [7, 11) is 3.91. The summed E-state index contributed by atoms with van der Waals surface area (Å²) in [4.78, 5) is 14.6. The quantitative estimate of drug-likeness (QED) is 0.720. The molecule has 0 unspecified atom stereocenters. The van der Waals surface area contributed by atoms with Gasteiger partial charge in [0.25, 0.3) is 5.91 Å². The number of halogens is 1. The molecule has 0 saturated heterocycles. The summed E-state index contributed by atoms with van der Waals surface area (Å²) in [6, 6.07) is 14.7. The largest absolute Gasteiger partial charge is 0.350 e. The molecular weight excluding hydrogens is 352 g/mol. The fraction of sp³-hybridized carbons (Fsp3) is 0.222. The highest BCUT2D eigenvalue weighted by molar-refractivity contribution is 6.31. The number of amides is 1. The molecule has 3 rings (SSSR count). The zero-order valence-electron chi connectivity index (χ0n) is 14.5. The van der Waals surface area contributed by atoms with Gasteiger partial charge in [-0.15, -0.1) is 5.10 Å². The van der Waals surface area contributed by atoms with Gasteiger partial charge in [0.1, 0.15) is 6.33 Å². The average molecular weight is 371 g/mol. The van der Waals surface area contributed by atoms with Crippen LogP contribution in [0.1, 0.15) is 22.0 Å². The van der Waals surface area contributed by atoms with E-state index in [-0.39, 0.29) is 11.9 Å². The first-order chi connectivity index (χ1) is 12.6. The van der Waals surface area contributed by atoms with E-state index in [1.165, 1.54) is 11.0 Å². The van der Waals surface area contributed by atoms with E-state index in [4.69, 9.17) is 11.6 Å². The van der Waals surface area contributed by atoms with E-state index in [0.717, 1.165) is 11.3 Å². The van der Waals surface area contributed by atoms with Crippen molar-refractivity contribution < 1.29 is 4.79 Å². The molecule has 2 aromatic carbocycles. The second-order valence-corrected chi connectivity index (χ2v) is 6.42. The van der Waals surface area contributed by atoms with Crippen molar-refractivity contribution in [3.8, 4) is 5.69 Å². The second kappa shape index (κ2) is 8.07. The first-order valence-corrected chi connectivity index (χ1v) is 8.46. The van der Waals surface area contributed by atoms with E-state index in [9.17, 15) is 4.79 Å². The molecule has 0 aliphatic carbocycles. The molecule has 134 valence electrons. The predicted molar refractivity (Wildman–Crippen MR) is 99.4 cm³/mol. The molecule has 0 aliphatic rings. The van der Waals surface area contributed by atoms with Gasteiger partial charge in [-0.1, -0.05) is 35.9 Å². The lowest BCUT2D eigenvalue weighted by atomic mass is 10.1. The Morgan fingerprint density at radius 2 is 2.04 bits per heavy atom. The number of nitrogens with zero attached hydrogens (tertiary/aromatic N) is 5. The lowest BCUT2D eigenvalue weighted by molar-refractivity contribution is 0.0942. The molecule has 7 nitrogen and oxygen atoms in total. The third-order valence-corrected chi connectivity index (χ3v) is 4.41. The van der Waals surface area contributed by atoms with E-state index < -0.39 is 0 Å². The van der Waals surface area contributed by atoms with E-state index in [1.807, 2.05) is 49.3 Å². The molecule has 1 N–H and O–H groups in total. The molecule has 26 heavy (non-hydrogen) atoms. The van der Waals surface area contributed by atoms with Gasteiger partial charge in [-0.2, -0.15) is 0 Å². The number of likely N-dealkylation sites (N-methyl/N-ethyl adjacent to an activating group) is 1. The van der Waals surface area contributed by atoms with E-state index in [1.54, 1.807) is 18.2 Å². The Bertz CT molecular complexity index is 881. The van der Waals surface area contributed by atoms with Crippen LogP contribution in [0.4, 0.5) is 0 Å². The maximum Gasteiger partial charge on any atom is 0.251 e. The Morgan fingerprint density at radius 1 is 1.23 bits per heavy atom. The molecule has 0 saturated carbocycles. The van der Waals surface area contributed by atoms with Gasteiger partial charge in [-0.25, -0.2) is 4.68 Å². The van der Waals surface area contributed by atoms with Crippen LogP contribution in [0.15, 0.2) is 54.9 Å². The van der Waals surface area contributed by atoms with Crippen molar-refractivity contribution in [1.29, 1.82) is 0 Å². The zero-order valence-corrected chi connectivity index (χ0v) is 15.3. The number of benzene rings is 2. The highest BCUT2D eigenvalue weighted by Crippen LogP contribution is 2.25. The molecule has 1 heterocycles. The molecule has 0 fully saturated rings. The Morgan fingerprint density at radius 3 is 2.73 bits per heavy atom. The number of carbonyl (C=O) groups excluding carboxylic acids is 1. The van der Waals surface area contributed by atoms with Gasteiger partial charge in [0.2, 0.25) is 0 Å². The molecule has 1 aromatic heterocycles. The number of tetrazole rings is 1. The Hall–Kier alpha value is -2.77. The average Bonchev–Trinajstić information content (AvgIpc) is 3.18. The number of aromatic nitrogens is 4. The van der Waals surface area contributed by atoms with E-state index in [0.29, 0.717) is 17.1 Å². The van der Waals surface area contributed by atoms with Crippen LogP contribution < -0.4 is 5.32 Å². The van der Waals surface area contributed by atoms with Crippen LogP contribution in [0.3, 0.4) is 0 Å². The van der Waals surface area contributed by atoms with Gasteiger partial charge in [-0.05, 0) is 54.4 Å². The van der Waals surface area contributed by atoms with Crippen LogP contribution in [-0.2, 0) is 0 Å². The summed E-state index contributed by atoms with van der Waals surface area (Å²) in [6.45, 7) is 0.435. The molecule has 1 amide bonds. The van der Waals surface area contributed by atoms with Crippen molar-refractivity contribution in [3.05, 3.63) is 71.0 Å². The third kappa shape index (κ3) is 4.07. The summed E-state index contributed by atoms with van der Waals surface area (Å²) in [5.74, 6) is -0.168. The van der Waals surface area contributed by atoms with Crippen molar-refractivity contribution in [2.75, 3.05) is 20.6 Å². The third-order valence-electron chi connectivity index (χ3n) is 4.07. The smallest absolute Gasteiger partial charge is 0.251 e. The molecule has 0 aliphatic heterocycles. The molecule has 1 atom stereocenters. The number of rotatable bonds is 6. The molecule has 0 bridgehead atoms. The van der Waals surface area contributed by atoms with Crippen molar-refractivity contribution in [3.63, 3.8) is 0 Å². The van der Waals surface area contributed by atoms with Gasteiger partial charge < -0.3 is 10.2 Å².